The van der Waals surface area contributed by atoms with Gasteiger partial charge in [-0.2, -0.15) is 0 Å². The molecule has 1 aromatic carbocycles. The molecule has 0 radical (unpaired) electrons. The molecule has 0 N–H and O–H groups in total. The van der Waals surface area contributed by atoms with Gasteiger partial charge in [-0.3, -0.25) is 10.1 Å². The maximum Gasteiger partial charge on any atom is 0.269 e. The van der Waals surface area contributed by atoms with Gasteiger partial charge in [0.25, 0.3) is 5.69 Å². The van der Waals surface area contributed by atoms with Crippen molar-refractivity contribution < 1.29 is 22.8 Å². The van der Waals surface area contributed by atoms with Crippen molar-refractivity contribution in [2.75, 3.05) is 26.3 Å². The van der Waals surface area contributed by atoms with Gasteiger partial charge >= 0.3 is 0 Å². The van der Waals surface area contributed by atoms with E-state index in [2.05, 4.69) is 0 Å². The number of nitrogens with zero attached hydrogens (tertiary/aromatic N) is 2. The monoisotopic (exact) mass is 342 g/mol. The lowest BCUT2D eigenvalue weighted by atomic mass is 10.1. The number of benzene rings is 1. The third kappa shape index (κ3) is 3.52. The van der Waals surface area contributed by atoms with Crippen LogP contribution in [0.25, 0.3) is 0 Å². The summed E-state index contributed by atoms with van der Waals surface area (Å²) in [4.78, 5) is 10.2. The minimum absolute atomic E-state index is 0.108. The summed E-state index contributed by atoms with van der Waals surface area (Å²) in [5, 5.41) is 10.8. The van der Waals surface area contributed by atoms with E-state index in [4.69, 9.17) is 9.47 Å². The Kier molecular flexibility index (Phi) is 4.37. The molecule has 0 saturated carbocycles. The molecule has 2 saturated heterocycles. The summed E-state index contributed by atoms with van der Waals surface area (Å²) < 4.78 is 37.6. The fraction of sp³-hybridized carbons (Fsp3) is 0.571. The van der Waals surface area contributed by atoms with Crippen LogP contribution in [0.2, 0.25) is 0 Å². The highest BCUT2D eigenvalue weighted by molar-refractivity contribution is 7.88. The van der Waals surface area contributed by atoms with Crippen molar-refractivity contribution in [1.29, 1.82) is 0 Å². The normalized spacial score (nSPS) is 21.6. The van der Waals surface area contributed by atoms with Crippen LogP contribution in [0.3, 0.4) is 0 Å². The lowest BCUT2D eigenvalue weighted by molar-refractivity contribution is -0.384. The molecule has 0 aromatic heterocycles. The molecule has 126 valence electrons. The van der Waals surface area contributed by atoms with Crippen LogP contribution >= 0.6 is 0 Å². The van der Waals surface area contributed by atoms with Crippen LogP contribution in [0.4, 0.5) is 5.69 Å². The molecular weight excluding hydrogens is 324 g/mol. The molecule has 0 bridgehead atoms. The summed E-state index contributed by atoms with van der Waals surface area (Å²) in [6.07, 6.45) is 1.00. The summed E-state index contributed by atoms with van der Waals surface area (Å²) in [6.45, 7) is 1.75. The molecule has 1 spiro atoms. The molecule has 2 heterocycles. The standard InChI is InChI=1S/C14H18N2O6S/c17-16(18)13-3-1-2-12(10-13)11-23(19,20)15-6-4-14(5-7-15)21-8-9-22-14/h1-3,10H,4-9,11H2. The Balaban J connectivity index is 1.68. The maximum atomic E-state index is 12.5. The molecule has 9 heteroatoms. The van der Waals surface area contributed by atoms with Crippen LogP contribution in [0.1, 0.15) is 18.4 Å². The zero-order valence-corrected chi connectivity index (χ0v) is 13.3. The third-order valence-corrected chi connectivity index (χ3v) is 6.01. The van der Waals surface area contributed by atoms with Gasteiger partial charge in [-0.25, -0.2) is 12.7 Å². The predicted molar refractivity (Wildman–Crippen MR) is 81.2 cm³/mol. The number of sulfonamides is 1. The molecule has 23 heavy (non-hydrogen) atoms. The average molecular weight is 342 g/mol. The molecule has 1 aromatic rings. The number of hydrogen-bond donors (Lipinski definition) is 0. The van der Waals surface area contributed by atoms with Crippen LogP contribution in [0.15, 0.2) is 24.3 Å². The van der Waals surface area contributed by atoms with Crippen molar-refractivity contribution in [2.24, 2.45) is 0 Å². The van der Waals surface area contributed by atoms with Gasteiger partial charge in [-0.05, 0) is 5.56 Å². The first-order valence-corrected chi connectivity index (χ1v) is 9.00. The molecule has 2 aliphatic rings. The summed E-state index contributed by atoms with van der Waals surface area (Å²) in [5.74, 6) is -0.874. The highest BCUT2D eigenvalue weighted by Crippen LogP contribution is 2.32. The van der Waals surface area contributed by atoms with Gasteiger partial charge in [0.05, 0.1) is 23.9 Å². The quantitative estimate of drug-likeness (QED) is 0.603. The van der Waals surface area contributed by atoms with E-state index in [-0.39, 0.29) is 11.4 Å². The topological polar surface area (TPSA) is 99.0 Å². The molecule has 0 unspecified atom stereocenters. The van der Waals surface area contributed by atoms with E-state index in [9.17, 15) is 18.5 Å². The van der Waals surface area contributed by atoms with Crippen LogP contribution in [0.5, 0.6) is 0 Å². The van der Waals surface area contributed by atoms with E-state index >= 15 is 0 Å². The Morgan fingerprint density at radius 3 is 2.48 bits per heavy atom. The van der Waals surface area contributed by atoms with Crippen LogP contribution in [0, 0.1) is 10.1 Å². The van der Waals surface area contributed by atoms with Crippen molar-refractivity contribution >= 4 is 15.7 Å². The van der Waals surface area contributed by atoms with Gasteiger partial charge in [0.15, 0.2) is 5.79 Å². The summed E-state index contributed by atoms with van der Waals surface area (Å²) in [5.41, 5.74) is 0.302. The smallest absolute Gasteiger partial charge is 0.269 e. The molecule has 2 fully saturated rings. The van der Waals surface area contributed by atoms with E-state index in [0.717, 1.165) is 0 Å². The first kappa shape index (κ1) is 16.3. The molecule has 2 aliphatic heterocycles. The number of hydrogen-bond acceptors (Lipinski definition) is 6. The SMILES string of the molecule is O=[N+]([O-])c1cccc(CS(=O)(=O)N2CCC3(CC2)OCCO3)c1. The summed E-state index contributed by atoms with van der Waals surface area (Å²) >= 11 is 0. The fourth-order valence-electron chi connectivity index (χ4n) is 2.95. The second kappa shape index (κ2) is 6.16. The Morgan fingerprint density at radius 1 is 1.22 bits per heavy atom. The maximum absolute atomic E-state index is 12.5. The number of nitro benzene ring substituents is 1. The molecule has 0 amide bonds. The second-order valence-corrected chi connectivity index (χ2v) is 7.66. The van der Waals surface area contributed by atoms with E-state index in [0.29, 0.717) is 44.7 Å². The Morgan fingerprint density at radius 2 is 1.87 bits per heavy atom. The number of ether oxygens (including phenoxy) is 2. The number of nitro groups is 1. The first-order chi connectivity index (χ1) is 10.9. The highest BCUT2D eigenvalue weighted by atomic mass is 32.2. The Bertz CT molecular complexity index is 689. The second-order valence-electron chi connectivity index (χ2n) is 5.69. The van der Waals surface area contributed by atoms with Crippen LogP contribution in [-0.2, 0) is 25.2 Å². The van der Waals surface area contributed by atoms with Crippen molar-refractivity contribution in [2.45, 2.75) is 24.4 Å². The van der Waals surface area contributed by atoms with Gasteiger partial charge in [-0.1, -0.05) is 12.1 Å². The van der Waals surface area contributed by atoms with Gasteiger partial charge in [0, 0.05) is 38.1 Å². The predicted octanol–water partition coefficient (Wildman–Crippen LogP) is 1.26. The van der Waals surface area contributed by atoms with Crippen LogP contribution in [-0.4, -0.2) is 49.7 Å². The van der Waals surface area contributed by atoms with E-state index < -0.39 is 20.7 Å². The highest BCUT2D eigenvalue weighted by Gasteiger charge is 2.42. The van der Waals surface area contributed by atoms with E-state index in [1.807, 2.05) is 0 Å². The lowest BCUT2D eigenvalue weighted by Gasteiger charge is -2.36. The first-order valence-electron chi connectivity index (χ1n) is 7.39. The third-order valence-electron chi connectivity index (χ3n) is 4.16. The van der Waals surface area contributed by atoms with Gasteiger partial charge < -0.3 is 9.47 Å². The van der Waals surface area contributed by atoms with Crippen molar-refractivity contribution in [3.8, 4) is 0 Å². The number of non-ortho nitro benzene ring substituents is 1. The zero-order valence-electron chi connectivity index (χ0n) is 12.5. The summed E-state index contributed by atoms with van der Waals surface area (Å²) in [7, 11) is -3.53. The van der Waals surface area contributed by atoms with Gasteiger partial charge in [-0.15, -0.1) is 0 Å². The number of rotatable bonds is 4. The van der Waals surface area contributed by atoms with Crippen molar-refractivity contribution in [3.63, 3.8) is 0 Å². The van der Waals surface area contributed by atoms with Gasteiger partial charge in [0.2, 0.25) is 10.0 Å². The minimum Gasteiger partial charge on any atom is -0.347 e. The largest absolute Gasteiger partial charge is 0.347 e. The molecular formula is C14H18N2O6S. The van der Waals surface area contributed by atoms with Gasteiger partial charge in [0.1, 0.15) is 0 Å². The Hall–Kier alpha value is -1.55. The molecule has 0 atom stereocenters. The van der Waals surface area contributed by atoms with E-state index in [1.165, 1.54) is 22.5 Å². The fourth-order valence-corrected chi connectivity index (χ4v) is 4.47. The van der Waals surface area contributed by atoms with Crippen molar-refractivity contribution in [3.05, 3.63) is 39.9 Å². The lowest BCUT2D eigenvalue weighted by Crippen LogP contribution is -2.47. The van der Waals surface area contributed by atoms with Crippen LogP contribution < -0.4 is 0 Å². The average Bonchev–Trinajstić information content (AvgIpc) is 2.95. The molecule has 3 rings (SSSR count). The summed E-state index contributed by atoms with van der Waals surface area (Å²) in [6, 6.07) is 5.72. The molecule has 8 nitrogen and oxygen atoms in total. The zero-order chi connectivity index (χ0) is 16.5. The Labute approximate surface area is 134 Å². The number of piperidine rings is 1. The minimum atomic E-state index is -3.53. The molecule has 0 aliphatic carbocycles. The van der Waals surface area contributed by atoms with E-state index in [1.54, 1.807) is 6.07 Å². The van der Waals surface area contributed by atoms with Crippen molar-refractivity contribution in [1.82, 2.24) is 4.31 Å².